The Labute approximate surface area is 251 Å². The van der Waals surface area contributed by atoms with Gasteiger partial charge in [0.2, 0.25) is 5.91 Å². The van der Waals surface area contributed by atoms with Crippen molar-refractivity contribution < 1.29 is 19.1 Å². The Bertz CT molecular complexity index is 1580. The summed E-state index contributed by atoms with van der Waals surface area (Å²) < 4.78 is 5.18. The van der Waals surface area contributed by atoms with Crippen LogP contribution in [-0.2, 0) is 9.59 Å². The number of ether oxygens (including phenoxy) is 1. The van der Waals surface area contributed by atoms with E-state index in [4.69, 9.17) is 27.9 Å². The molecule has 0 aromatic heterocycles. The molecule has 10 heteroatoms. The van der Waals surface area contributed by atoms with Crippen molar-refractivity contribution in [3.63, 3.8) is 0 Å². The minimum atomic E-state index is -0.552. The van der Waals surface area contributed by atoms with Crippen LogP contribution in [0.25, 0.3) is 6.08 Å². The quantitative estimate of drug-likeness (QED) is 0.132. The van der Waals surface area contributed by atoms with E-state index in [9.17, 15) is 14.4 Å². The van der Waals surface area contributed by atoms with Crippen LogP contribution in [0.5, 0.6) is 5.75 Å². The monoisotopic (exact) mass is 605 g/mol. The summed E-state index contributed by atoms with van der Waals surface area (Å²) in [6, 6.07) is 27.7. The smallest absolute Gasteiger partial charge is 0.272 e. The van der Waals surface area contributed by atoms with Crippen molar-refractivity contribution in [3.8, 4) is 5.75 Å². The number of hydrogen-bond acceptors (Lipinski definition) is 5. The van der Waals surface area contributed by atoms with E-state index in [1.54, 1.807) is 104 Å². The number of rotatable bonds is 10. The van der Waals surface area contributed by atoms with Crippen molar-refractivity contribution in [3.05, 3.63) is 124 Å². The standard InChI is InChI=1S/C31H25Cl2N3O4S/c1-40-24-11-6-10-23(18-24)34-28(37)19-41-25-15-13-22(14-16-25)35-31(39)27(17-21-9-5-12-26(32)29(21)33)36-30(38)20-7-3-2-4-8-20/h2-18H,19H2,1H3,(H,34,37)(H,35,39)(H,36,38)/b27-17-. The topological polar surface area (TPSA) is 96.5 Å². The summed E-state index contributed by atoms with van der Waals surface area (Å²) in [7, 11) is 1.57. The summed E-state index contributed by atoms with van der Waals surface area (Å²) in [6.07, 6.45) is 1.47. The Kier molecular flexibility index (Phi) is 10.5. The van der Waals surface area contributed by atoms with E-state index in [0.717, 1.165) is 4.90 Å². The third kappa shape index (κ3) is 8.62. The third-order valence-electron chi connectivity index (χ3n) is 5.65. The molecule has 4 rings (SSSR count). The van der Waals surface area contributed by atoms with E-state index >= 15 is 0 Å². The predicted molar refractivity (Wildman–Crippen MR) is 166 cm³/mol. The molecule has 3 N–H and O–H groups in total. The van der Waals surface area contributed by atoms with E-state index in [-0.39, 0.29) is 22.4 Å². The molecular formula is C31H25Cl2N3O4S. The van der Waals surface area contributed by atoms with Gasteiger partial charge in [-0.3, -0.25) is 14.4 Å². The molecule has 3 amide bonds. The van der Waals surface area contributed by atoms with E-state index in [1.165, 1.54) is 17.8 Å². The number of benzene rings is 4. The van der Waals surface area contributed by atoms with Crippen molar-refractivity contribution in [2.45, 2.75) is 4.90 Å². The number of nitrogens with one attached hydrogen (secondary N) is 3. The SMILES string of the molecule is COc1cccc(NC(=O)CSc2ccc(NC(=O)/C(=C/c3cccc(Cl)c3Cl)NC(=O)c3ccccc3)cc2)c1. The molecule has 0 saturated carbocycles. The zero-order valence-electron chi connectivity index (χ0n) is 21.8. The zero-order valence-corrected chi connectivity index (χ0v) is 24.1. The van der Waals surface area contributed by atoms with E-state index < -0.39 is 11.8 Å². The highest BCUT2D eigenvalue weighted by atomic mass is 35.5. The second kappa shape index (κ2) is 14.4. The summed E-state index contributed by atoms with van der Waals surface area (Å²) in [5.41, 5.74) is 1.99. The fraction of sp³-hybridized carbons (Fsp3) is 0.0645. The first kappa shape index (κ1) is 29.7. The van der Waals surface area contributed by atoms with Crippen molar-refractivity contribution in [2.24, 2.45) is 0 Å². The fourth-order valence-electron chi connectivity index (χ4n) is 3.61. The molecule has 0 radical (unpaired) electrons. The van der Waals surface area contributed by atoms with Gasteiger partial charge in [0.05, 0.1) is 22.9 Å². The Morgan fingerprint density at radius 2 is 1.56 bits per heavy atom. The average molecular weight is 607 g/mol. The molecule has 0 fully saturated rings. The van der Waals surface area contributed by atoms with Crippen LogP contribution >= 0.6 is 35.0 Å². The number of halogens is 2. The number of thioether (sulfide) groups is 1. The van der Waals surface area contributed by atoms with Crippen molar-refractivity contribution in [1.29, 1.82) is 0 Å². The maximum atomic E-state index is 13.3. The molecule has 0 heterocycles. The van der Waals surface area contributed by atoms with Crippen LogP contribution in [0, 0.1) is 0 Å². The largest absolute Gasteiger partial charge is 0.497 e. The van der Waals surface area contributed by atoms with Crippen molar-refractivity contribution in [1.82, 2.24) is 5.32 Å². The van der Waals surface area contributed by atoms with Crippen molar-refractivity contribution in [2.75, 3.05) is 23.5 Å². The van der Waals surface area contributed by atoms with Gasteiger partial charge in [0.15, 0.2) is 0 Å². The predicted octanol–water partition coefficient (Wildman–Crippen LogP) is 7.14. The zero-order chi connectivity index (χ0) is 29.2. The molecule has 0 atom stereocenters. The molecule has 0 bridgehead atoms. The highest BCUT2D eigenvalue weighted by Crippen LogP contribution is 2.27. The lowest BCUT2D eigenvalue weighted by Crippen LogP contribution is -2.30. The van der Waals surface area contributed by atoms with Crippen LogP contribution < -0.4 is 20.7 Å². The minimum absolute atomic E-state index is 0.0179. The van der Waals surface area contributed by atoms with Gasteiger partial charge in [-0.05, 0) is 66.2 Å². The molecule has 4 aromatic carbocycles. The molecule has 0 aliphatic rings. The lowest BCUT2D eigenvalue weighted by molar-refractivity contribution is -0.114. The summed E-state index contributed by atoms with van der Waals surface area (Å²) in [5, 5.41) is 8.87. The number of anilines is 2. The molecule has 7 nitrogen and oxygen atoms in total. The molecular weight excluding hydrogens is 581 g/mol. The summed E-state index contributed by atoms with van der Waals surface area (Å²) in [5.74, 6) is -0.319. The van der Waals surface area contributed by atoms with Gasteiger partial charge in [0.25, 0.3) is 11.8 Å². The normalized spacial score (nSPS) is 11.0. The lowest BCUT2D eigenvalue weighted by atomic mass is 10.1. The Hall–Kier alpha value is -4.24. The van der Waals surface area contributed by atoms with Gasteiger partial charge in [0.1, 0.15) is 11.4 Å². The average Bonchev–Trinajstić information content (AvgIpc) is 2.99. The van der Waals surface area contributed by atoms with Crippen LogP contribution in [0.3, 0.4) is 0 Å². The van der Waals surface area contributed by atoms with Gasteiger partial charge in [0, 0.05) is 27.9 Å². The minimum Gasteiger partial charge on any atom is -0.497 e. The highest BCUT2D eigenvalue weighted by molar-refractivity contribution is 8.00. The molecule has 0 aliphatic heterocycles. The molecule has 0 saturated heterocycles. The van der Waals surface area contributed by atoms with Gasteiger partial charge < -0.3 is 20.7 Å². The first-order chi connectivity index (χ1) is 19.8. The Morgan fingerprint density at radius 1 is 0.829 bits per heavy atom. The second-order valence-corrected chi connectivity index (χ2v) is 10.4. The second-order valence-electron chi connectivity index (χ2n) is 8.57. The molecule has 4 aromatic rings. The summed E-state index contributed by atoms with van der Waals surface area (Å²) in [4.78, 5) is 39.3. The molecule has 41 heavy (non-hydrogen) atoms. The fourth-order valence-corrected chi connectivity index (χ4v) is 4.67. The van der Waals surface area contributed by atoms with E-state index in [2.05, 4.69) is 16.0 Å². The highest BCUT2D eigenvalue weighted by Gasteiger charge is 2.16. The third-order valence-corrected chi connectivity index (χ3v) is 7.49. The maximum absolute atomic E-state index is 13.3. The first-order valence-electron chi connectivity index (χ1n) is 12.3. The van der Waals surface area contributed by atoms with Crippen LogP contribution in [0.15, 0.2) is 108 Å². The number of methoxy groups -OCH3 is 1. The lowest BCUT2D eigenvalue weighted by Gasteiger charge is -2.12. The number of carbonyl (C=O) groups is 3. The van der Waals surface area contributed by atoms with Gasteiger partial charge in [-0.2, -0.15) is 0 Å². The van der Waals surface area contributed by atoms with Crippen LogP contribution in [0.4, 0.5) is 11.4 Å². The Balaban J connectivity index is 1.42. The molecule has 0 spiro atoms. The van der Waals surface area contributed by atoms with Gasteiger partial charge in [-0.15, -0.1) is 11.8 Å². The van der Waals surface area contributed by atoms with Crippen molar-refractivity contribution >= 4 is 70.1 Å². The summed E-state index contributed by atoms with van der Waals surface area (Å²) in [6.45, 7) is 0. The van der Waals surface area contributed by atoms with Crippen LogP contribution in [0.1, 0.15) is 15.9 Å². The maximum Gasteiger partial charge on any atom is 0.272 e. The van der Waals surface area contributed by atoms with Crippen LogP contribution in [0.2, 0.25) is 10.0 Å². The molecule has 208 valence electrons. The van der Waals surface area contributed by atoms with E-state index in [0.29, 0.717) is 33.3 Å². The van der Waals surface area contributed by atoms with Gasteiger partial charge >= 0.3 is 0 Å². The van der Waals surface area contributed by atoms with Gasteiger partial charge in [-0.1, -0.05) is 59.6 Å². The molecule has 0 unspecified atom stereocenters. The Morgan fingerprint density at radius 3 is 2.29 bits per heavy atom. The van der Waals surface area contributed by atoms with Crippen LogP contribution in [-0.4, -0.2) is 30.6 Å². The number of hydrogen-bond donors (Lipinski definition) is 3. The molecule has 0 aliphatic carbocycles. The number of carbonyl (C=O) groups excluding carboxylic acids is 3. The number of amides is 3. The van der Waals surface area contributed by atoms with Gasteiger partial charge in [-0.25, -0.2) is 0 Å². The summed E-state index contributed by atoms with van der Waals surface area (Å²) >= 11 is 13.8. The van der Waals surface area contributed by atoms with E-state index in [1.807, 2.05) is 0 Å². The first-order valence-corrected chi connectivity index (χ1v) is 14.1.